The fourth-order valence-electron chi connectivity index (χ4n) is 1.80. The molecule has 0 atom stereocenters. The van der Waals surface area contributed by atoms with Gasteiger partial charge >= 0.3 is 0 Å². The van der Waals surface area contributed by atoms with Crippen molar-refractivity contribution in [2.24, 2.45) is 0 Å². The van der Waals surface area contributed by atoms with Crippen LogP contribution in [0.3, 0.4) is 0 Å². The second-order valence-corrected chi connectivity index (χ2v) is 8.35. The van der Waals surface area contributed by atoms with E-state index in [1.807, 2.05) is 0 Å². The molecule has 114 valence electrons. The first-order valence-electron chi connectivity index (χ1n) is 6.04. The van der Waals surface area contributed by atoms with Crippen LogP contribution in [-0.2, 0) is 16.6 Å². The summed E-state index contributed by atoms with van der Waals surface area (Å²) in [5.41, 5.74) is 0. The van der Waals surface area contributed by atoms with Crippen molar-refractivity contribution in [1.29, 1.82) is 0 Å². The van der Waals surface area contributed by atoms with Crippen molar-refractivity contribution in [3.05, 3.63) is 50.4 Å². The first-order chi connectivity index (χ1) is 9.84. The molecule has 0 fully saturated rings. The zero-order valence-electron chi connectivity index (χ0n) is 11.0. The van der Waals surface area contributed by atoms with Gasteiger partial charge in [0.25, 0.3) is 0 Å². The van der Waals surface area contributed by atoms with E-state index >= 15 is 0 Å². The minimum Gasteiger partial charge on any atom is -0.207 e. The summed E-state index contributed by atoms with van der Waals surface area (Å²) in [4.78, 5) is 0.413. The van der Waals surface area contributed by atoms with Crippen molar-refractivity contribution < 1.29 is 12.8 Å². The molecule has 8 heteroatoms. The molecule has 2 rings (SSSR count). The summed E-state index contributed by atoms with van der Waals surface area (Å²) in [6.45, 7) is 2.07. The molecule has 21 heavy (non-hydrogen) atoms. The highest BCUT2D eigenvalue weighted by atomic mass is 35.5. The third kappa shape index (κ3) is 3.76. The Morgan fingerprint density at radius 3 is 2.48 bits per heavy atom. The predicted octanol–water partition coefficient (Wildman–Crippen LogP) is 4.40. The van der Waals surface area contributed by atoms with Crippen molar-refractivity contribution in [3.63, 3.8) is 0 Å². The predicted molar refractivity (Wildman–Crippen MR) is 84.0 cm³/mol. The summed E-state index contributed by atoms with van der Waals surface area (Å²) >= 11 is 12.8. The summed E-state index contributed by atoms with van der Waals surface area (Å²) in [5, 5.41) is 0.152. The number of thiophene rings is 1. The van der Waals surface area contributed by atoms with Gasteiger partial charge in [-0.2, -0.15) is 4.31 Å². The number of nitrogens with zero attached hydrogens (tertiary/aromatic N) is 1. The van der Waals surface area contributed by atoms with Gasteiger partial charge in [0.05, 0.1) is 4.34 Å². The van der Waals surface area contributed by atoms with Crippen LogP contribution in [0.5, 0.6) is 0 Å². The lowest BCUT2D eigenvalue weighted by Crippen LogP contribution is -2.30. The molecule has 0 unspecified atom stereocenters. The van der Waals surface area contributed by atoms with Gasteiger partial charge in [-0.15, -0.1) is 11.3 Å². The molecule has 0 amide bonds. The molecule has 1 aromatic heterocycles. The molecule has 3 nitrogen and oxygen atoms in total. The lowest BCUT2D eigenvalue weighted by atomic mass is 10.3. The molecule has 0 aliphatic heterocycles. The van der Waals surface area contributed by atoms with Crippen molar-refractivity contribution >= 4 is 44.6 Å². The SMILES string of the molecule is CCN(Cc1ccc(Cl)s1)S(=O)(=O)c1ccc(Cl)cc1F. The van der Waals surface area contributed by atoms with Crippen molar-refractivity contribution in [3.8, 4) is 0 Å². The smallest absolute Gasteiger partial charge is 0.207 e. The Kier molecular flexibility index (Phi) is 5.27. The Hall–Kier alpha value is -0.660. The Bertz CT molecular complexity index is 746. The highest BCUT2D eigenvalue weighted by Gasteiger charge is 2.27. The molecule has 0 radical (unpaired) electrons. The highest BCUT2D eigenvalue weighted by Crippen LogP contribution is 2.27. The second-order valence-electron chi connectivity index (χ2n) is 4.21. The molecular formula is C13H12Cl2FNO2S2. The number of sulfonamides is 1. The van der Waals surface area contributed by atoms with Crippen LogP contribution in [0.25, 0.3) is 0 Å². The van der Waals surface area contributed by atoms with E-state index < -0.39 is 15.8 Å². The summed E-state index contributed by atoms with van der Waals surface area (Å²) in [5.74, 6) is -0.856. The van der Waals surface area contributed by atoms with Crippen LogP contribution >= 0.6 is 34.5 Å². The quantitative estimate of drug-likeness (QED) is 0.784. The van der Waals surface area contributed by atoms with E-state index in [4.69, 9.17) is 23.2 Å². The molecule has 0 saturated carbocycles. The van der Waals surface area contributed by atoms with E-state index in [2.05, 4.69) is 0 Å². The molecule has 0 aliphatic rings. The fraction of sp³-hybridized carbons (Fsp3) is 0.231. The summed E-state index contributed by atoms with van der Waals surface area (Å²) in [6.07, 6.45) is 0. The van der Waals surface area contributed by atoms with Crippen LogP contribution < -0.4 is 0 Å². The van der Waals surface area contributed by atoms with Crippen LogP contribution in [0.1, 0.15) is 11.8 Å². The molecule has 0 spiro atoms. The lowest BCUT2D eigenvalue weighted by molar-refractivity contribution is 0.422. The maximum absolute atomic E-state index is 13.9. The Morgan fingerprint density at radius 1 is 1.24 bits per heavy atom. The van der Waals surface area contributed by atoms with E-state index in [0.717, 1.165) is 10.9 Å². The average Bonchev–Trinajstić information content (AvgIpc) is 2.80. The summed E-state index contributed by atoms with van der Waals surface area (Å²) in [6, 6.07) is 6.98. The average molecular weight is 368 g/mol. The molecule has 1 heterocycles. The molecule has 1 aromatic carbocycles. The van der Waals surface area contributed by atoms with Crippen molar-refractivity contribution in [2.75, 3.05) is 6.54 Å². The number of hydrogen-bond acceptors (Lipinski definition) is 3. The van der Waals surface area contributed by atoms with Gasteiger partial charge < -0.3 is 0 Å². The monoisotopic (exact) mass is 367 g/mol. The van der Waals surface area contributed by atoms with Gasteiger partial charge in [-0.05, 0) is 30.3 Å². The van der Waals surface area contributed by atoms with E-state index in [-0.39, 0.29) is 23.0 Å². The molecule has 2 aromatic rings. The minimum absolute atomic E-state index is 0.151. The van der Waals surface area contributed by atoms with Gasteiger partial charge in [0, 0.05) is 23.0 Å². The molecule has 0 aliphatic carbocycles. The van der Waals surface area contributed by atoms with Crippen LogP contribution in [0.2, 0.25) is 9.36 Å². The number of halogens is 3. The van der Waals surface area contributed by atoms with Crippen molar-refractivity contribution in [2.45, 2.75) is 18.4 Å². The Labute approximate surface area is 137 Å². The van der Waals surface area contributed by atoms with E-state index in [1.165, 1.54) is 27.8 Å². The number of benzene rings is 1. The van der Waals surface area contributed by atoms with Crippen molar-refractivity contribution in [1.82, 2.24) is 4.31 Å². The second kappa shape index (κ2) is 6.62. The zero-order chi connectivity index (χ0) is 15.6. The Morgan fingerprint density at radius 2 is 1.95 bits per heavy atom. The zero-order valence-corrected chi connectivity index (χ0v) is 14.2. The van der Waals surface area contributed by atoms with Gasteiger partial charge in [-0.3, -0.25) is 0 Å². The van der Waals surface area contributed by atoms with Gasteiger partial charge in [0.1, 0.15) is 10.7 Å². The number of rotatable bonds is 5. The van der Waals surface area contributed by atoms with Crippen LogP contribution in [0, 0.1) is 5.82 Å². The third-order valence-corrected chi connectivity index (χ3v) is 6.23. The highest BCUT2D eigenvalue weighted by molar-refractivity contribution is 7.89. The maximum atomic E-state index is 13.9. The molecule has 0 N–H and O–H groups in total. The summed E-state index contributed by atoms with van der Waals surface area (Å²) in [7, 11) is -3.92. The molecular weight excluding hydrogens is 356 g/mol. The van der Waals surface area contributed by atoms with E-state index in [0.29, 0.717) is 4.34 Å². The van der Waals surface area contributed by atoms with Crippen LogP contribution in [0.15, 0.2) is 35.2 Å². The van der Waals surface area contributed by atoms with E-state index in [1.54, 1.807) is 19.1 Å². The molecule has 0 bridgehead atoms. The van der Waals surface area contributed by atoms with Gasteiger partial charge in [-0.25, -0.2) is 12.8 Å². The van der Waals surface area contributed by atoms with Gasteiger partial charge in [0.2, 0.25) is 10.0 Å². The van der Waals surface area contributed by atoms with E-state index in [9.17, 15) is 12.8 Å². The van der Waals surface area contributed by atoms with Gasteiger partial charge in [-0.1, -0.05) is 30.1 Å². The molecule has 0 saturated heterocycles. The minimum atomic E-state index is -3.92. The first-order valence-corrected chi connectivity index (χ1v) is 9.05. The topological polar surface area (TPSA) is 37.4 Å². The fourth-order valence-corrected chi connectivity index (χ4v) is 4.62. The largest absolute Gasteiger partial charge is 0.246 e. The Balaban J connectivity index is 2.35. The standard InChI is InChI=1S/C13H12Cl2FNO2S2/c1-2-17(8-10-4-6-13(15)20-10)21(18,19)12-5-3-9(14)7-11(12)16/h3-7H,2,8H2,1H3. The maximum Gasteiger partial charge on any atom is 0.246 e. The number of hydrogen-bond donors (Lipinski definition) is 0. The van der Waals surface area contributed by atoms with Crippen LogP contribution in [-0.4, -0.2) is 19.3 Å². The lowest BCUT2D eigenvalue weighted by Gasteiger charge is -2.20. The summed E-state index contributed by atoms with van der Waals surface area (Å²) < 4.78 is 40.7. The normalized spacial score (nSPS) is 12.0. The third-order valence-electron chi connectivity index (χ3n) is 2.83. The first kappa shape index (κ1) is 16.7. The van der Waals surface area contributed by atoms with Crippen LogP contribution in [0.4, 0.5) is 4.39 Å². The van der Waals surface area contributed by atoms with Gasteiger partial charge in [0.15, 0.2) is 0 Å².